The van der Waals surface area contributed by atoms with Gasteiger partial charge in [-0.3, -0.25) is 9.59 Å². The summed E-state index contributed by atoms with van der Waals surface area (Å²) in [6, 6.07) is -0.541. The molecule has 6 heteroatoms. The highest BCUT2D eigenvalue weighted by atomic mass is 16.5. The zero-order valence-electron chi connectivity index (χ0n) is 52.2. The summed E-state index contributed by atoms with van der Waals surface area (Å²) >= 11 is 0. The van der Waals surface area contributed by atoms with E-state index in [1.165, 1.54) is 315 Å². The molecule has 0 rings (SSSR count). The molecule has 0 saturated carbocycles. The number of hydrogen-bond donors (Lipinski definition) is 3. The largest absolute Gasteiger partial charge is 0.466 e. The molecule has 1 amide bonds. The molecule has 0 spiro atoms. The lowest BCUT2D eigenvalue weighted by Crippen LogP contribution is -2.45. The van der Waals surface area contributed by atoms with Crippen molar-refractivity contribution < 1.29 is 24.5 Å². The molecular formula is C71H137NO5. The molecule has 0 aliphatic rings. The maximum atomic E-state index is 12.5. The predicted octanol–water partition coefficient (Wildman–Crippen LogP) is 22.5. The third kappa shape index (κ3) is 63.4. The molecule has 0 heterocycles. The van der Waals surface area contributed by atoms with Crippen LogP contribution >= 0.6 is 0 Å². The van der Waals surface area contributed by atoms with E-state index in [1.54, 1.807) is 0 Å². The van der Waals surface area contributed by atoms with Crippen LogP contribution in [0.15, 0.2) is 24.3 Å². The van der Waals surface area contributed by atoms with Gasteiger partial charge in [0.2, 0.25) is 5.91 Å². The lowest BCUT2D eigenvalue weighted by atomic mass is 10.0. The normalized spacial score (nSPS) is 12.6. The summed E-state index contributed by atoms with van der Waals surface area (Å²) in [6.45, 7) is 4.98. The Kier molecular flexibility index (Phi) is 65.4. The third-order valence-corrected chi connectivity index (χ3v) is 16.5. The van der Waals surface area contributed by atoms with Gasteiger partial charge in [-0.05, 0) is 77.0 Å². The molecule has 6 nitrogen and oxygen atoms in total. The van der Waals surface area contributed by atoms with E-state index in [9.17, 15) is 19.8 Å². The standard InChI is InChI=1S/C71H137NO5/c1-3-5-7-9-11-13-15-17-19-20-34-37-41-45-49-53-57-61-65-71(76)77-66-62-58-54-50-46-42-38-35-32-30-28-26-24-22-21-23-25-27-29-31-33-36-40-44-48-52-56-60-64-70(75)72-68(67-73)69(74)63-59-55-51-47-43-39-18-16-14-12-10-8-6-4-2/h19-22,68-69,73-74H,3-18,23-67H2,1-2H3,(H,72,75)/b20-19-,22-21-. The third-order valence-electron chi connectivity index (χ3n) is 16.5. The van der Waals surface area contributed by atoms with Crippen molar-refractivity contribution in [3.63, 3.8) is 0 Å². The van der Waals surface area contributed by atoms with Crippen molar-refractivity contribution in [2.75, 3.05) is 13.2 Å². The summed E-state index contributed by atoms with van der Waals surface area (Å²) in [5.41, 5.74) is 0. The van der Waals surface area contributed by atoms with E-state index in [0.717, 1.165) is 44.9 Å². The first-order valence-electron chi connectivity index (χ1n) is 35.1. The van der Waals surface area contributed by atoms with Crippen LogP contribution in [-0.2, 0) is 14.3 Å². The second kappa shape index (κ2) is 66.8. The van der Waals surface area contributed by atoms with Crippen molar-refractivity contribution in [3.05, 3.63) is 24.3 Å². The molecule has 0 aromatic heterocycles. The number of esters is 1. The fraction of sp³-hybridized carbons (Fsp3) is 0.915. The van der Waals surface area contributed by atoms with E-state index in [1.807, 2.05) is 0 Å². The fourth-order valence-electron chi connectivity index (χ4n) is 11.1. The Hall–Kier alpha value is -1.66. The number of aliphatic hydroxyl groups excluding tert-OH is 2. The first kappa shape index (κ1) is 75.3. The van der Waals surface area contributed by atoms with Crippen molar-refractivity contribution in [2.24, 2.45) is 0 Å². The Balaban J connectivity index is 3.35. The van der Waals surface area contributed by atoms with Gasteiger partial charge < -0.3 is 20.3 Å². The number of ether oxygens (including phenoxy) is 1. The molecule has 3 N–H and O–H groups in total. The van der Waals surface area contributed by atoms with Gasteiger partial charge in [-0.2, -0.15) is 0 Å². The second-order valence-electron chi connectivity index (χ2n) is 24.2. The Morgan fingerprint density at radius 1 is 0.351 bits per heavy atom. The Morgan fingerprint density at radius 2 is 0.610 bits per heavy atom. The van der Waals surface area contributed by atoms with E-state index >= 15 is 0 Å². The van der Waals surface area contributed by atoms with Crippen LogP contribution in [0.25, 0.3) is 0 Å². The molecular weight excluding hydrogens is 947 g/mol. The molecule has 0 aromatic carbocycles. The summed E-state index contributed by atoms with van der Waals surface area (Å²) < 4.78 is 5.50. The van der Waals surface area contributed by atoms with Gasteiger partial charge in [0.15, 0.2) is 0 Å². The van der Waals surface area contributed by atoms with Crippen LogP contribution in [0, 0.1) is 0 Å². The summed E-state index contributed by atoms with van der Waals surface area (Å²) in [6.07, 6.45) is 83.7. The van der Waals surface area contributed by atoms with Gasteiger partial charge in [0, 0.05) is 12.8 Å². The average molecular weight is 1080 g/mol. The van der Waals surface area contributed by atoms with Gasteiger partial charge in [-0.15, -0.1) is 0 Å². The average Bonchev–Trinajstić information content (AvgIpc) is 3.43. The first-order chi connectivity index (χ1) is 38.0. The van der Waals surface area contributed by atoms with Gasteiger partial charge in [-0.25, -0.2) is 0 Å². The molecule has 0 bridgehead atoms. The van der Waals surface area contributed by atoms with Crippen molar-refractivity contribution in [2.45, 2.75) is 405 Å². The molecule has 0 aliphatic heterocycles. The van der Waals surface area contributed by atoms with Crippen LogP contribution in [0.5, 0.6) is 0 Å². The van der Waals surface area contributed by atoms with Crippen LogP contribution in [0.4, 0.5) is 0 Å². The molecule has 77 heavy (non-hydrogen) atoms. The highest BCUT2D eigenvalue weighted by molar-refractivity contribution is 5.76. The lowest BCUT2D eigenvalue weighted by molar-refractivity contribution is -0.143. The first-order valence-corrected chi connectivity index (χ1v) is 35.1. The minimum atomic E-state index is -0.663. The van der Waals surface area contributed by atoms with E-state index in [-0.39, 0.29) is 18.5 Å². The fourth-order valence-corrected chi connectivity index (χ4v) is 11.1. The zero-order chi connectivity index (χ0) is 55.7. The number of amides is 1. The van der Waals surface area contributed by atoms with Crippen molar-refractivity contribution in [1.82, 2.24) is 5.32 Å². The molecule has 0 radical (unpaired) electrons. The van der Waals surface area contributed by atoms with E-state index < -0.39 is 12.1 Å². The molecule has 0 saturated heterocycles. The number of rotatable bonds is 66. The topological polar surface area (TPSA) is 95.9 Å². The minimum absolute atomic E-state index is 0.0136. The second-order valence-corrected chi connectivity index (χ2v) is 24.2. The van der Waals surface area contributed by atoms with Crippen LogP contribution in [-0.4, -0.2) is 47.4 Å². The molecule has 2 atom stereocenters. The smallest absolute Gasteiger partial charge is 0.305 e. The number of allylic oxidation sites excluding steroid dienone is 4. The highest BCUT2D eigenvalue weighted by Crippen LogP contribution is 2.18. The minimum Gasteiger partial charge on any atom is -0.466 e. The van der Waals surface area contributed by atoms with Gasteiger partial charge in [-0.1, -0.05) is 327 Å². The number of nitrogens with one attached hydrogen (secondary N) is 1. The molecule has 0 aliphatic carbocycles. The van der Waals surface area contributed by atoms with E-state index in [4.69, 9.17) is 4.74 Å². The monoisotopic (exact) mass is 1080 g/mol. The van der Waals surface area contributed by atoms with Gasteiger partial charge in [0.25, 0.3) is 0 Å². The van der Waals surface area contributed by atoms with Gasteiger partial charge in [0.05, 0.1) is 25.4 Å². The van der Waals surface area contributed by atoms with Crippen molar-refractivity contribution in [3.8, 4) is 0 Å². The Labute approximate surface area is 481 Å². The van der Waals surface area contributed by atoms with Crippen LogP contribution < -0.4 is 5.32 Å². The zero-order valence-corrected chi connectivity index (χ0v) is 52.2. The summed E-state index contributed by atoms with van der Waals surface area (Å²) in [5.74, 6) is -0.0190. The number of hydrogen-bond acceptors (Lipinski definition) is 5. The number of aliphatic hydroxyl groups is 2. The van der Waals surface area contributed by atoms with E-state index in [2.05, 4.69) is 43.5 Å². The molecule has 456 valence electrons. The summed E-state index contributed by atoms with van der Waals surface area (Å²) in [5, 5.41) is 23.3. The summed E-state index contributed by atoms with van der Waals surface area (Å²) in [4.78, 5) is 24.6. The molecule has 0 aromatic rings. The molecule has 2 unspecified atom stereocenters. The Bertz CT molecular complexity index is 1200. The van der Waals surface area contributed by atoms with Gasteiger partial charge in [0.1, 0.15) is 0 Å². The predicted molar refractivity (Wildman–Crippen MR) is 338 cm³/mol. The van der Waals surface area contributed by atoms with Gasteiger partial charge >= 0.3 is 5.97 Å². The SMILES string of the molecule is CCCCCCCCC/C=C\CCCCCCCCCC(=O)OCCCCCCCCCCCCCC/C=C\CCCCCCCCCCCCCCC(=O)NC(CO)C(O)CCCCCCCCCCCCCCCC. The van der Waals surface area contributed by atoms with Crippen LogP contribution in [0.2, 0.25) is 0 Å². The maximum absolute atomic E-state index is 12.5. The number of carbonyl (C=O) groups is 2. The molecule has 0 fully saturated rings. The van der Waals surface area contributed by atoms with E-state index in [0.29, 0.717) is 25.9 Å². The van der Waals surface area contributed by atoms with Crippen molar-refractivity contribution >= 4 is 11.9 Å². The highest BCUT2D eigenvalue weighted by Gasteiger charge is 2.20. The lowest BCUT2D eigenvalue weighted by Gasteiger charge is -2.22. The van der Waals surface area contributed by atoms with Crippen molar-refractivity contribution in [1.29, 1.82) is 0 Å². The van der Waals surface area contributed by atoms with Crippen LogP contribution in [0.1, 0.15) is 393 Å². The number of unbranched alkanes of at least 4 members (excludes halogenated alkanes) is 51. The summed E-state index contributed by atoms with van der Waals surface area (Å²) in [7, 11) is 0. The van der Waals surface area contributed by atoms with Crippen LogP contribution in [0.3, 0.4) is 0 Å². The maximum Gasteiger partial charge on any atom is 0.305 e. The quantitative estimate of drug-likeness (QED) is 0.0320. The number of carbonyl (C=O) groups excluding carboxylic acids is 2. The Morgan fingerprint density at radius 3 is 0.922 bits per heavy atom.